The fraction of sp³-hybridized carbons (Fsp3) is 0.462. The number of ether oxygens (including phenoxy) is 1. The predicted octanol–water partition coefficient (Wildman–Crippen LogP) is 2.87. The van der Waals surface area contributed by atoms with Crippen molar-refractivity contribution in [3.05, 3.63) is 33.8 Å². The third-order valence-corrected chi connectivity index (χ3v) is 3.17. The molecule has 1 atom stereocenters. The summed E-state index contributed by atoms with van der Waals surface area (Å²) in [5, 5.41) is 7.67. The van der Waals surface area contributed by atoms with Gasteiger partial charge in [-0.3, -0.25) is 4.99 Å². The second kappa shape index (κ2) is 8.25. The Bertz CT molecular complexity index is 438. The Morgan fingerprint density at radius 3 is 2.74 bits per heavy atom. The van der Waals surface area contributed by atoms with E-state index in [2.05, 4.69) is 15.6 Å². The molecule has 0 amide bonds. The molecule has 0 heterocycles. The molecule has 0 radical (unpaired) electrons. The lowest BCUT2D eigenvalue weighted by molar-refractivity contribution is 0.203. The molecule has 2 N–H and O–H groups in total. The fourth-order valence-electron chi connectivity index (χ4n) is 1.60. The third-order valence-electron chi connectivity index (χ3n) is 2.60. The van der Waals surface area contributed by atoms with Gasteiger partial charge in [-0.1, -0.05) is 29.3 Å². The van der Waals surface area contributed by atoms with Gasteiger partial charge in [-0.15, -0.1) is 0 Å². The zero-order valence-electron chi connectivity index (χ0n) is 11.3. The second-order valence-corrected chi connectivity index (χ2v) is 4.87. The number of benzene rings is 1. The van der Waals surface area contributed by atoms with Crippen molar-refractivity contribution < 1.29 is 4.74 Å². The van der Waals surface area contributed by atoms with Crippen LogP contribution in [0.5, 0.6) is 0 Å². The first-order chi connectivity index (χ1) is 9.08. The smallest absolute Gasteiger partial charge is 0.191 e. The molecule has 0 saturated carbocycles. The topological polar surface area (TPSA) is 45.7 Å². The second-order valence-electron chi connectivity index (χ2n) is 4.02. The van der Waals surface area contributed by atoms with Crippen LogP contribution in [-0.2, 0) is 4.74 Å². The van der Waals surface area contributed by atoms with Crippen molar-refractivity contribution in [2.75, 3.05) is 27.3 Å². The molecule has 1 rings (SSSR count). The Morgan fingerprint density at radius 2 is 2.16 bits per heavy atom. The first-order valence-corrected chi connectivity index (χ1v) is 6.75. The van der Waals surface area contributed by atoms with E-state index in [0.717, 1.165) is 5.56 Å². The van der Waals surface area contributed by atoms with Crippen molar-refractivity contribution in [1.82, 2.24) is 10.6 Å². The SMILES string of the molecule is CN=C(NCCOC)NC(C)c1ccc(Cl)cc1Cl. The van der Waals surface area contributed by atoms with E-state index in [1.807, 2.05) is 19.1 Å². The lowest BCUT2D eigenvalue weighted by atomic mass is 10.1. The van der Waals surface area contributed by atoms with Gasteiger partial charge in [0, 0.05) is 30.7 Å². The number of nitrogens with zero attached hydrogens (tertiary/aromatic N) is 1. The maximum absolute atomic E-state index is 6.17. The Labute approximate surface area is 124 Å². The highest BCUT2D eigenvalue weighted by Crippen LogP contribution is 2.25. The van der Waals surface area contributed by atoms with Crippen molar-refractivity contribution in [2.45, 2.75) is 13.0 Å². The van der Waals surface area contributed by atoms with Gasteiger partial charge < -0.3 is 15.4 Å². The summed E-state index contributed by atoms with van der Waals surface area (Å²) >= 11 is 12.1. The Morgan fingerprint density at radius 1 is 1.42 bits per heavy atom. The maximum Gasteiger partial charge on any atom is 0.191 e. The van der Waals surface area contributed by atoms with E-state index in [1.54, 1.807) is 20.2 Å². The van der Waals surface area contributed by atoms with Gasteiger partial charge in [0.15, 0.2) is 5.96 Å². The molecule has 0 bridgehead atoms. The highest BCUT2D eigenvalue weighted by Gasteiger charge is 2.11. The molecule has 1 unspecified atom stereocenters. The van der Waals surface area contributed by atoms with Gasteiger partial charge in [0.2, 0.25) is 0 Å². The molecule has 106 valence electrons. The van der Waals surface area contributed by atoms with Crippen LogP contribution in [0, 0.1) is 0 Å². The van der Waals surface area contributed by atoms with Gasteiger partial charge in [-0.25, -0.2) is 0 Å². The predicted molar refractivity (Wildman–Crippen MR) is 81.3 cm³/mol. The number of guanidine groups is 1. The summed E-state index contributed by atoms with van der Waals surface area (Å²) in [5.74, 6) is 0.704. The minimum absolute atomic E-state index is 0.0264. The first kappa shape index (κ1) is 16.1. The summed E-state index contributed by atoms with van der Waals surface area (Å²) in [6.45, 7) is 3.33. The van der Waals surface area contributed by atoms with Gasteiger partial charge in [0.25, 0.3) is 0 Å². The summed E-state index contributed by atoms with van der Waals surface area (Å²) in [5.41, 5.74) is 0.973. The molecule has 0 saturated heterocycles. The Hall–Kier alpha value is -0.970. The van der Waals surface area contributed by atoms with Crippen LogP contribution in [0.15, 0.2) is 23.2 Å². The van der Waals surface area contributed by atoms with Crippen molar-refractivity contribution >= 4 is 29.2 Å². The minimum atomic E-state index is 0.0264. The highest BCUT2D eigenvalue weighted by molar-refractivity contribution is 6.35. The van der Waals surface area contributed by atoms with E-state index >= 15 is 0 Å². The molecule has 0 aromatic heterocycles. The molecule has 1 aromatic carbocycles. The average molecular weight is 304 g/mol. The van der Waals surface area contributed by atoms with Crippen molar-refractivity contribution in [3.63, 3.8) is 0 Å². The van der Waals surface area contributed by atoms with Crippen molar-refractivity contribution in [2.24, 2.45) is 4.99 Å². The van der Waals surface area contributed by atoms with E-state index in [4.69, 9.17) is 27.9 Å². The number of aliphatic imine (C=N–C) groups is 1. The summed E-state index contributed by atoms with van der Waals surface area (Å²) < 4.78 is 4.98. The van der Waals surface area contributed by atoms with E-state index in [0.29, 0.717) is 29.2 Å². The molecule has 4 nitrogen and oxygen atoms in total. The number of rotatable bonds is 5. The number of nitrogens with one attached hydrogen (secondary N) is 2. The molecule has 0 fully saturated rings. The van der Waals surface area contributed by atoms with E-state index in [-0.39, 0.29) is 6.04 Å². The van der Waals surface area contributed by atoms with Gasteiger partial charge >= 0.3 is 0 Å². The number of methoxy groups -OCH3 is 1. The van der Waals surface area contributed by atoms with Crippen LogP contribution in [0.1, 0.15) is 18.5 Å². The Kier molecular flexibility index (Phi) is 6.99. The first-order valence-electron chi connectivity index (χ1n) is 5.99. The van der Waals surface area contributed by atoms with Crippen LogP contribution in [-0.4, -0.2) is 33.3 Å². The van der Waals surface area contributed by atoms with Gasteiger partial charge in [-0.05, 0) is 24.6 Å². The quantitative estimate of drug-likeness (QED) is 0.499. The number of hydrogen-bond acceptors (Lipinski definition) is 2. The summed E-state index contributed by atoms with van der Waals surface area (Å²) in [6.07, 6.45) is 0. The van der Waals surface area contributed by atoms with E-state index in [1.165, 1.54) is 0 Å². The number of halogens is 2. The zero-order chi connectivity index (χ0) is 14.3. The molecular formula is C13H19Cl2N3O. The van der Waals surface area contributed by atoms with Crippen LogP contribution in [0.25, 0.3) is 0 Å². The standard InChI is InChI=1S/C13H19Cl2N3O/c1-9(11-5-4-10(14)8-12(11)15)18-13(16-2)17-6-7-19-3/h4-5,8-9H,6-7H2,1-3H3,(H2,16,17,18). The van der Waals surface area contributed by atoms with Gasteiger partial charge in [0.1, 0.15) is 0 Å². The summed E-state index contributed by atoms with van der Waals surface area (Å²) in [4.78, 5) is 4.14. The van der Waals surface area contributed by atoms with E-state index < -0.39 is 0 Å². The summed E-state index contributed by atoms with van der Waals surface area (Å²) in [7, 11) is 3.38. The maximum atomic E-state index is 6.17. The monoisotopic (exact) mass is 303 g/mol. The molecule has 0 aliphatic heterocycles. The lowest BCUT2D eigenvalue weighted by Gasteiger charge is -2.19. The van der Waals surface area contributed by atoms with Crippen LogP contribution < -0.4 is 10.6 Å². The molecule has 0 aliphatic carbocycles. The average Bonchev–Trinajstić information content (AvgIpc) is 2.37. The van der Waals surface area contributed by atoms with Crippen LogP contribution in [0.2, 0.25) is 10.0 Å². The number of hydrogen-bond donors (Lipinski definition) is 2. The largest absolute Gasteiger partial charge is 0.383 e. The van der Waals surface area contributed by atoms with Crippen molar-refractivity contribution in [1.29, 1.82) is 0 Å². The fourth-order valence-corrected chi connectivity index (χ4v) is 2.17. The molecule has 19 heavy (non-hydrogen) atoms. The Balaban J connectivity index is 2.64. The van der Waals surface area contributed by atoms with Crippen LogP contribution in [0.3, 0.4) is 0 Å². The van der Waals surface area contributed by atoms with Gasteiger partial charge in [-0.2, -0.15) is 0 Å². The van der Waals surface area contributed by atoms with Gasteiger partial charge in [0.05, 0.1) is 12.6 Å². The third kappa shape index (κ3) is 5.27. The van der Waals surface area contributed by atoms with E-state index in [9.17, 15) is 0 Å². The molecule has 0 spiro atoms. The normalized spacial score (nSPS) is 13.2. The minimum Gasteiger partial charge on any atom is -0.383 e. The highest BCUT2D eigenvalue weighted by atomic mass is 35.5. The van der Waals surface area contributed by atoms with Crippen molar-refractivity contribution in [3.8, 4) is 0 Å². The van der Waals surface area contributed by atoms with Crippen LogP contribution in [0.4, 0.5) is 0 Å². The molecular weight excluding hydrogens is 285 g/mol. The van der Waals surface area contributed by atoms with Crippen LogP contribution >= 0.6 is 23.2 Å². The molecule has 6 heteroatoms. The summed E-state index contributed by atoms with van der Waals surface area (Å²) in [6, 6.07) is 5.49. The molecule has 1 aromatic rings. The zero-order valence-corrected chi connectivity index (χ0v) is 12.8. The molecule has 0 aliphatic rings. The lowest BCUT2D eigenvalue weighted by Crippen LogP contribution is -2.40.